The van der Waals surface area contributed by atoms with Crippen molar-refractivity contribution < 1.29 is 0 Å². The van der Waals surface area contributed by atoms with Crippen LogP contribution in [0.15, 0.2) is 13.5 Å². The van der Waals surface area contributed by atoms with Gasteiger partial charge in [-0.05, 0) is 0 Å². The van der Waals surface area contributed by atoms with Crippen LogP contribution in [0.4, 0.5) is 0 Å². The third kappa shape index (κ3) is 1.97. The van der Waals surface area contributed by atoms with E-state index in [1.165, 1.54) is 0 Å². The van der Waals surface area contributed by atoms with Gasteiger partial charge in [0.15, 0.2) is 24.3 Å². The van der Waals surface area contributed by atoms with Crippen molar-refractivity contribution in [3.05, 3.63) is 0 Å². The molecule has 1 aliphatic rings. The van der Waals surface area contributed by atoms with E-state index in [0.29, 0.717) is 0 Å². The molecule has 0 aliphatic carbocycles. The van der Waals surface area contributed by atoms with Gasteiger partial charge in [0, 0.05) is 0 Å². The molecule has 0 radical (unpaired) electrons. The molecule has 0 N–H and O–H groups in total. The highest BCUT2D eigenvalue weighted by Gasteiger charge is 1.85. The summed E-state index contributed by atoms with van der Waals surface area (Å²) in [4.78, 5) is 0. The topological polar surface area (TPSA) is 37.1 Å². The Morgan fingerprint density at radius 2 is 2.29 bits per heavy atom. The first-order valence-electron chi connectivity index (χ1n) is 1.44. The molecule has 1 unspecified atom stereocenters. The molecule has 1 rings (SSSR count). The molecule has 0 amide bonds. The van der Waals surface area contributed by atoms with Gasteiger partial charge in [0.2, 0.25) is 0 Å². The summed E-state index contributed by atoms with van der Waals surface area (Å²) in [5, 5.41) is 0. The SMILES string of the molecule is Cl[PH]1=NP=NP=N1. The van der Waals surface area contributed by atoms with Gasteiger partial charge in [-0.3, -0.25) is 0 Å². The predicted octanol–water partition coefficient (Wildman–Crippen LogP) is 3.56. The van der Waals surface area contributed by atoms with E-state index in [1.807, 2.05) is 0 Å². The second-order valence-corrected chi connectivity index (χ2v) is 4.96. The summed E-state index contributed by atoms with van der Waals surface area (Å²) in [6.45, 7) is 0. The minimum absolute atomic E-state index is 0.750. The van der Waals surface area contributed by atoms with Gasteiger partial charge in [0.1, 0.15) is 0 Å². The largest absolute Gasteiger partial charge is 0.192 e. The second kappa shape index (κ2) is 2.89. The lowest BCUT2D eigenvalue weighted by Crippen LogP contribution is -1.30. The summed E-state index contributed by atoms with van der Waals surface area (Å²) in [5.41, 5.74) is 0. The van der Waals surface area contributed by atoms with E-state index in [2.05, 4.69) is 13.5 Å². The van der Waals surface area contributed by atoms with Crippen molar-refractivity contribution in [3.8, 4) is 0 Å². The molecule has 38 valence electrons. The number of halogens is 1. The van der Waals surface area contributed by atoms with Crippen molar-refractivity contribution in [2.45, 2.75) is 0 Å². The summed E-state index contributed by atoms with van der Waals surface area (Å²) in [7, 11) is 0.310. The molecule has 1 atom stereocenters. The van der Waals surface area contributed by atoms with Crippen LogP contribution in [0.1, 0.15) is 0 Å². The van der Waals surface area contributed by atoms with Crippen LogP contribution in [0.2, 0.25) is 0 Å². The zero-order valence-corrected chi connectivity index (χ0v) is 6.66. The van der Waals surface area contributed by atoms with Crippen LogP contribution in [0.3, 0.4) is 0 Å². The molecule has 1 aliphatic heterocycles. The molecule has 1 heterocycles. The third-order valence-corrected chi connectivity index (χ3v) is 4.37. The Kier molecular flexibility index (Phi) is 2.42. The summed E-state index contributed by atoms with van der Waals surface area (Å²) >= 11 is 5.51. The average Bonchev–Trinajstić information content (AvgIpc) is 1.69. The molecule has 0 fully saturated rings. The Balaban J connectivity index is 2.82. The van der Waals surface area contributed by atoms with Crippen molar-refractivity contribution in [2.75, 3.05) is 0 Å². The zero-order valence-electron chi connectivity index (χ0n) is 3.11. The van der Waals surface area contributed by atoms with E-state index in [1.54, 1.807) is 0 Å². The number of hydrogen-bond acceptors (Lipinski definition) is 3. The normalized spacial score (nSPS) is 31.9. The van der Waals surface area contributed by atoms with Gasteiger partial charge in [-0.15, -0.1) is 0 Å². The third-order valence-electron chi connectivity index (χ3n) is 0.334. The van der Waals surface area contributed by atoms with E-state index in [-0.39, 0.29) is 0 Å². The van der Waals surface area contributed by atoms with Crippen LogP contribution >= 0.6 is 35.5 Å². The molecule has 0 saturated heterocycles. The highest BCUT2D eigenvalue weighted by Crippen LogP contribution is 2.44. The first-order chi connectivity index (χ1) is 3.39. The highest BCUT2D eigenvalue weighted by atomic mass is 35.7. The van der Waals surface area contributed by atoms with E-state index in [9.17, 15) is 0 Å². The van der Waals surface area contributed by atoms with E-state index >= 15 is 0 Å². The smallest absolute Gasteiger partial charge is 0.163 e. The fourth-order valence-electron chi connectivity index (χ4n) is 0.152. The first-order valence-corrected chi connectivity index (χ1v) is 5.44. The highest BCUT2D eigenvalue weighted by molar-refractivity contribution is 7.79. The van der Waals surface area contributed by atoms with E-state index < -0.39 is 7.22 Å². The Labute approximate surface area is 49.7 Å². The average molecular weight is 171 g/mol. The summed E-state index contributed by atoms with van der Waals surface area (Å²) in [6, 6.07) is 0. The number of hydrogen-bond donors (Lipinski definition) is 0. The van der Waals surface area contributed by atoms with Gasteiger partial charge in [-0.1, -0.05) is 11.2 Å². The van der Waals surface area contributed by atoms with Crippen molar-refractivity contribution in [1.82, 2.24) is 0 Å². The standard InChI is InChI=1S/ClHN3P3/c1-7-3-5-2-6-4-7/h7H. The van der Waals surface area contributed by atoms with Gasteiger partial charge in [-0.25, -0.2) is 0 Å². The van der Waals surface area contributed by atoms with E-state index in [0.717, 1.165) is 17.0 Å². The lowest BCUT2D eigenvalue weighted by molar-refractivity contribution is 1.85. The van der Waals surface area contributed by atoms with Gasteiger partial charge in [0.05, 0.1) is 0 Å². The second-order valence-electron chi connectivity index (χ2n) is 0.737. The molecule has 0 saturated carbocycles. The molecule has 7 heteroatoms. The van der Waals surface area contributed by atoms with Crippen LogP contribution in [0.5, 0.6) is 0 Å². The Bertz CT molecular complexity index is 146. The molecule has 3 nitrogen and oxygen atoms in total. The molecular weight excluding hydrogens is 170 g/mol. The van der Waals surface area contributed by atoms with Crippen LogP contribution < -0.4 is 0 Å². The minimum Gasteiger partial charge on any atom is -0.192 e. The molecule has 0 bridgehead atoms. The van der Waals surface area contributed by atoms with Crippen LogP contribution in [0.25, 0.3) is 0 Å². The van der Waals surface area contributed by atoms with Gasteiger partial charge in [-0.2, -0.15) is 13.5 Å². The maximum Gasteiger partial charge on any atom is 0.163 e. The first kappa shape index (κ1) is 5.85. The monoisotopic (exact) mass is 171 g/mol. The quantitative estimate of drug-likeness (QED) is 0.500. The summed E-state index contributed by atoms with van der Waals surface area (Å²) < 4.78 is 11.4. The van der Waals surface area contributed by atoms with Crippen molar-refractivity contribution in [3.63, 3.8) is 0 Å². The fraction of sp³-hybridized carbons (Fsp3) is 0. The molecule has 0 aromatic carbocycles. The summed E-state index contributed by atoms with van der Waals surface area (Å²) in [6.07, 6.45) is 0. The Hall–Kier alpha value is 0.720. The lowest BCUT2D eigenvalue weighted by Gasteiger charge is -1.84. The van der Waals surface area contributed by atoms with Gasteiger partial charge >= 0.3 is 0 Å². The number of rotatable bonds is 0. The lowest BCUT2D eigenvalue weighted by atomic mass is 13.8. The van der Waals surface area contributed by atoms with Crippen molar-refractivity contribution >= 4 is 35.5 Å². The van der Waals surface area contributed by atoms with Crippen LogP contribution in [-0.4, -0.2) is 0 Å². The molecule has 0 aromatic heterocycles. The Morgan fingerprint density at radius 3 is 2.57 bits per heavy atom. The minimum atomic E-state index is -1.19. The maximum atomic E-state index is 5.51. The van der Waals surface area contributed by atoms with Crippen LogP contribution in [-0.2, 0) is 0 Å². The van der Waals surface area contributed by atoms with E-state index in [4.69, 9.17) is 11.2 Å². The molecule has 0 aromatic rings. The van der Waals surface area contributed by atoms with Gasteiger partial charge < -0.3 is 0 Å². The zero-order chi connectivity index (χ0) is 5.11. The molecular formula is HClN3P3. The molecule has 7 heavy (non-hydrogen) atoms. The Morgan fingerprint density at radius 1 is 1.43 bits per heavy atom. The maximum absolute atomic E-state index is 5.51. The predicted molar refractivity (Wildman–Crippen MR) is 35.3 cm³/mol. The van der Waals surface area contributed by atoms with Gasteiger partial charge in [0.25, 0.3) is 0 Å². The molecule has 0 spiro atoms. The fourth-order valence-corrected chi connectivity index (χ4v) is 3.05. The van der Waals surface area contributed by atoms with Crippen molar-refractivity contribution in [1.29, 1.82) is 0 Å². The number of nitrogens with zero attached hydrogens (tertiary/aromatic N) is 3. The summed E-state index contributed by atoms with van der Waals surface area (Å²) in [5.74, 6) is 0. The van der Waals surface area contributed by atoms with Crippen LogP contribution in [0, 0.1) is 0 Å². The van der Waals surface area contributed by atoms with Crippen molar-refractivity contribution in [2.24, 2.45) is 13.5 Å².